The molecule has 0 bridgehead atoms. The molecule has 7 aliphatic rings. The topological polar surface area (TPSA) is 226 Å². The zero-order valence-corrected chi connectivity index (χ0v) is 54.3. The molecule has 11 rings (SSSR count). The fourth-order valence-electron chi connectivity index (χ4n) is 11.0. The number of rotatable bonds is 14. The summed E-state index contributed by atoms with van der Waals surface area (Å²) in [6, 6.07) is 16.8. The summed E-state index contributed by atoms with van der Waals surface area (Å²) in [5.74, 6) is 0.630. The van der Waals surface area contributed by atoms with Crippen molar-refractivity contribution in [3.05, 3.63) is 76.8 Å². The Morgan fingerprint density at radius 1 is 0.604 bits per heavy atom. The lowest BCUT2D eigenvalue weighted by Crippen LogP contribution is -2.41. The third kappa shape index (κ3) is 18.1. The van der Waals surface area contributed by atoms with E-state index in [1.54, 1.807) is 50.2 Å². The third-order valence-corrected chi connectivity index (χ3v) is 22.6. The predicted molar refractivity (Wildman–Crippen MR) is 342 cm³/mol. The quantitative estimate of drug-likeness (QED) is 0.0681. The summed E-state index contributed by atoms with van der Waals surface area (Å²) in [6.07, 6.45) is -7.00. The monoisotopic (exact) mass is 1340 g/mol. The molecule has 2 atom stereocenters. The number of hydrogen-bond donors (Lipinski definition) is 4. The second-order valence-electron chi connectivity index (χ2n) is 25.8. The van der Waals surface area contributed by atoms with Crippen molar-refractivity contribution in [2.75, 3.05) is 109 Å². The molecule has 7 heterocycles. The van der Waals surface area contributed by atoms with E-state index >= 15 is 0 Å². The van der Waals surface area contributed by atoms with Gasteiger partial charge in [0.2, 0.25) is 20.0 Å². The molecule has 0 radical (unpaired) electrons. The zero-order valence-electron chi connectivity index (χ0n) is 51.9. The number of halogens is 7. The number of urea groups is 2. The molecular weight excluding hydrogens is 1260 g/mol. The first-order valence-corrected chi connectivity index (χ1v) is 33.6. The van der Waals surface area contributed by atoms with Gasteiger partial charge in [-0.15, -0.1) is 0 Å². The van der Waals surface area contributed by atoms with Gasteiger partial charge in [-0.3, -0.25) is 9.44 Å². The van der Waals surface area contributed by atoms with Crippen molar-refractivity contribution in [3.63, 3.8) is 0 Å². The molecule has 20 nitrogen and oxygen atoms in total. The number of alkyl halides is 6. The van der Waals surface area contributed by atoms with E-state index in [9.17, 15) is 52.8 Å². The molecule has 4 aromatic rings. The zero-order chi connectivity index (χ0) is 65.4. The van der Waals surface area contributed by atoms with Crippen molar-refractivity contribution in [3.8, 4) is 11.1 Å². The van der Waals surface area contributed by atoms with Crippen LogP contribution in [0, 0.1) is 25.7 Å². The van der Waals surface area contributed by atoms with E-state index < -0.39 is 97.0 Å². The molecule has 4 N–H and O–H groups in total. The Morgan fingerprint density at radius 2 is 1.02 bits per heavy atom. The Hall–Kier alpha value is -5.85. The second kappa shape index (κ2) is 27.6. The van der Waals surface area contributed by atoms with E-state index in [-0.39, 0.29) is 38.7 Å². The van der Waals surface area contributed by atoms with E-state index in [1.807, 2.05) is 69.5 Å². The van der Waals surface area contributed by atoms with Gasteiger partial charge in [-0.25, -0.2) is 36.4 Å². The van der Waals surface area contributed by atoms with Crippen molar-refractivity contribution in [2.45, 2.75) is 147 Å². The molecule has 2 aromatic carbocycles. The number of aromatic nitrogens is 2. The standard InChI is InChI=1S/C27H34F3N5O4S.C20H28BF3N2O3.C13H18ClN3O3S.CH4/c1-18-3-4-21(31-25(36)35-8-5-19(17-35)16-27(28,29)30)15-22(18)20-13-23(33-40(37,38)26(2)6-7-26)32-24(14-20)34-9-11-39-12-10-34;1-13-6-7-15(10-16(13)21-28-18(2,3)19(4,5)29-21)25-17(27)26-9-8-14(12-26)11-20(22,23)24;1-13(2-3-13)21(18,19)16-11-8-10(14)9-12(15-11)17-4-6-20-7-5-17;/h3-4,13-15,19H,5-12,16-17H2,1-2H3,(H,31,36)(H,32,33);6-7,10,14H,8-9,11-12H2,1-5H3,(H,25,27);8-9H,2-7H2,1H3,(H,15,16);1H4/t19-;14-;;/m00../s1. The highest BCUT2D eigenvalue weighted by molar-refractivity contribution is 7.94. The van der Waals surface area contributed by atoms with Gasteiger partial charge in [0.25, 0.3) is 0 Å². The van der Waals surface area contributed by atoms with Crippen LogP contribution in [0.3, 0.4) is 0 Å². The largest absolute Gasteiger partial charge is 0.495 e. The van der Waals surface area contributed by atoms with Crippen molar-refractivity contribution in [2.24, 2.45) is 11.8 Å². The number of ether oxygens (including phenoxy) is 2. The molecule has 30 heteroatoms. The molecule has 91 heavy (non-hydrogen) atoms. The Balaban J connectivity index is 0.000000184. The number of pyridine rings is 2. The van der Waals surface area contributed by atoms with Crippen LogP contribution in [0.25, 0.3) is 11.1 Å². The minimum absolute atomic E-state index is 0. The molecule has 5 saturated heterocycles. The van der Waals surface area contributed by atoms with Gasteiger partial charge >= 0.3 is 31.5 Å². The lowest BCUT2D eigenvalue weighted by atomic mass is 9.76. The summed E-state index contributed by atoms with van der Waals surface area (Å²) in [6.45, 7) is 20.9. The first-order chi connectivity index (χ1) is 42.0. The number of aryl methyl sites for hydroxylation is 2. The summed E-state index contributed by atoms with van der Waals surface area (Å²) < 4.78 is 153. The van der Waals surface area contributed by atoms with Gasteiger partial charge in [0.1, 0.15) is 23.3 Å². The number of carbonyl (C=O) groups excluding carboxylic acids is 2. The number of nitrogens with zero attached hydrogens (tertiary/aromatic N) is 6. The van der Waals surface area contributed by atoms with Crippen molar-refractivity contribution >= 4 is 90.9 Å². The summed E-state index contributed by atoms with van der Waals surface area (Å²) in [5.41, 5.74) is 4.25. The maximum atomic E-state index is 13.0. The number of sulfonamides is 2. The second-order valence-corrected chi connectivity index (χ2v) is 30.7. The molecular formula is C61H84BClF6N10O10S2. The Bertz CT molecular complexity index is 3480. The number of hydrogen-bond acceptors (Lipinski definition) is 14. The van der Waals surface area contributed by atoms with Gasteiger partial charge in [-0.05, 0) is 170 Å². The van der Waals surface area contributed by atoms with E-state index in [1.165, 1.54) is 15.9 Å². The van der Waals surface area contributed by atoms with Crippen LogP contribution in [0.1, 0.15) is 111 Å². The first-order valence-electron chi connectivity index (χ1n) is 30.2. The number of benzene rings is 2. The van der Waals surface area contributed by atoms with E-state index in [4.69, 9.17) is 30.4 Å². The maximum absolute atomic E-state index is 13.0. The maximum Gasteiger partial charge on any atom is 0.495 e. The van der Waals surface area contributed by atoms with Crippen molar-refractivity contribution < 1.29 is 71.5 Å². The van der Waals surface area contributed by atoms with Crippen molar-refractivity contribution in [1.82, 2.24) is 19.8 Å². The Morgan fingerprint density at radius 3 is 1.46 bits per heavy atom. The summed E-state index contributed by atoms with van der Waals surface area (Å²) >= 11 is 6.10. The number of amides is 4. The number of morpholine rings is 2. The SMILES string of the molecule is C.CC1(S(=O)(=O)Nc2cc(Cl)cc(N3CCOCC3)n2)CC1.Cc1ccc(NC(=O)N2CC[C@@H](CC(F)(F)F)C2)cc1-c1cc(NS(=O)(=O)C2(C)CC2)nc(N2CCOCC2)c1.Cc1ccc(NC(=O)N2CC[C@@H](CC(F)(F)F)C2)cc1B1OC(C)(C)C(C)(C)O1. The highest BCUT2D eigenvalue weighted by Gasteiger charge is 2.53. The van der Waals surface area contributed by atoms with Crippen LogP contribution in [0.15, 0.2) is 60.7 Å². The van der Waals surface area contributed by atoms with Gasteiger partial charge in [0.05, 0.1) is 47.1 Å². The minimum Gasteiger partial charge on any atom is -0.399 e. The average molecular weight is 1340 g/mol. The highest BCUT2D eigenvalue weighted by Crippen LogP contribution is 2.45. The number of likely N-dealkylation sites (tertiary alicyclic amines) is 2. The average Bonchev–Trinajstić information content (AvgIpc) is 1.65. The lowest BCUT2D eigenvalue weighted by molar-refractivity contribution is -0.144. The predicted octanol–water partition coefficient (Wildman–Crippen LogP) is 11.6. The molecule has 0 spiro atoms. The Kier molecular flexibility index (Phi) is 21.6. The van der Waals surface area contributed by atoms with Crippen LogP contribution < -0.4 is 35.3 Å². The van der Waals surface area contributed by atoms with Crippen LogP contribution in [0.2, 0.25) is 5.02 Å². The molecule has 5 aliphatic heterocycles. The normalized spacial score (nSPS) is 21.5. The van der Waals surface area contributed by atoms with Gasteiger partial charge in [-0.1, -0.05) is 36.7 Å². The number of nitrogens with one attached hydrogen (secondary N) is 4. The lowest BCUT2D eigenvalue weighted by Gasteiger charge is -2.32. The van der Waals surface area contributed by atoms with Crippen LogP contribution >= 0.6 is 11.6 Å². The smallest absolute Gasteiger partial charge is 0.399 e. The fourth-order valence-corrected chi connectivity index (χ4v) is 13.7. The number of carbonyl (C=O) groups is 2. The van der Waals surface area contributed by atoms with Gasteiger partial charge in [-0.2, -0.15) is 26.3 Å². The molecule has 0 unspecified atom stereocenters. The molecule has 2 saturated carbocycles. The molecule has 4 amide bonds. The molecule has 7 fully saturated rings. The van der Waals surface area contributed by atoms with E-state index in [0.717, 1.165) is 40.8 Å². The molecule has 2 aromatic heterocycles. The Labute approximate surface area is 535 Å². The highest BCUT2D eigenvalue weighted by atomic mass is 35.5. The summed E-state index contributed by atoms with van der Waals surface area (Å²) in [5, 5.41) is 6.07. The van der Waals surface area contributed by atoms with Crippen LogP contribution in [-0.4, -0.2) is 168 Å². The first kappa shape index (κ1) is 71.0. The van der Waals surface area contributed by atoms with Crippen LogP contribution in [0.4, 0.5) is 70.6 Å². The number of anilines is 6. The summed E-state index contributed by atoms with van der Waals surface area (Å²) in [4.78, 5) is 41.3. The third-order valence-electron chi connectivity index (χ3n) is 18.0. The van der Waals surface area contributed by atoms with E-state index in [0.29, 0.717) is 113 Å². The summed E-state index contributed by atoms with van der Waals surface area (Å²) in [7, 11) is -7.61. The van der Waals surface area contributed by atoms with Crippen LogP contribution in [0.5, 0.6) is 0 Å². The van der Waals surface area contributed by atoms with Gasteiger partial charge < -0.3 is 49.0 Å². The van der Waals surface area contributed by atoms with Gasteiger partial charge in [0, 0.05) is 87.7 Å². The van der Waals surface area contributed by atoms with Crippen molar-refractivity contribution in [1.29, 1.82) is 0 Å². The van der Waals surface area contributed by atoms with Crippen LogP contribution in [-0.2, 0) is 38.8 Å². The molecule has 2 aliphatic carbocycles. The van der Waals surface area contributed by atoms with E-state index in [2.05, 4.69) is 30.0 Å². The fraction of sp³-hybridized carbons (Fsp3) is 0.607. The minimum atomic E-state index is -4.25. The molecule has 502 valence electrons. The van der Waals surface area contributed by atoms with Gasteiger partial charge in [0.15, 0.2) is 0 Å².